The standard InChI is InChI=1S/C17H24N2O/c1-3-15(13-7-5-4-6-8-13)17(20)19-12(2)9-14-10-18-11-16(14)19/h4-8,12,14-16,18H,3,9-11H2,1-2H3. The molecule has 1 amide bonds. The second kappa shape index (κ2) is 5.57. The first kappa shape index (κ1) is 13.6. The molecular weight excluding hydrogens is 248 g/mol. The summed E-state index contributed by atoms with van der Waals surface area (Å²) in [5, 5.41) is 3.43. The first-order valence-corrected chi connectivity index (χ1v) is 7.80. The molecule has 3 rings (SSSR count). The molecule has 1 aromatic carbocycles. The molecule has 4 unspecified atom stereocenters. The van der Waals surface area contributed by atoms with Crippen LogP contribution in [0.3, 0.4) is 0 Å². The molecule has 2 fully saturated rings. The van der Waals surface area contributed by atoms with Crippen molar-refractivity contribution in [3.63, 3.8) is 0 Å². The number of carbonyl (C=O) groups excluding carboxylic acids is 1. The maximum absolute atomic E-state index is 13.0. The summed E-state index contributed by atoms with van der Waals surface area (Å²) in [4.78, 5) is 15.2. The smallest absolute Gasteiger partial charge is 0.230 e. The van der Waals surface area contributed by atoms with Crippen LogP contribution >= 0.6 is 0 Å². The van der Waals surface area contributed by atoms with Gasteiger partial charge in [-0.2, -0.15) is 0 Å². The fourth-order valence-corrected chi connectivity index (χ4v) is 3.96. The fraction of sp³-hybridized carbons (Fsp3) is 0.588. The quantitative estimate of drug-likeness (QED) is 0.916. The first-order valence-electron chi connectivity index (χ1n) is 7.80. The normalized spacial score (nSPS) is 30.3. The largest absolute Gasteiger partial charge is 0.335 e. The Balaban J connectivity index is 1.83. The van der Waals surface area contributed by atoms with Gasteiger partial charge in [0.15, 0.2) is 0 Å². The molecule has 2 aliphatic rings. The van der Waals surface area contributed by atoms with Crippen molar-refractivity contribution in [1.29, 1.82) is 0 Å². The average Bonchev–Trinajstić information content (AvgIpc) is 3.00. The van der Waals surface area contributed by atoms with E-state index in [0.29, 0.717) is 23.9 Å². The predicted octanol–water partition coefficient (Wildman–Crippen LogP) is 2.39. The van der Waals surface area contributed by atoms with E-state index in [4.69, 9.17) is 0 Å². The Kier molecular flexibility index (Phi) is 3.79. The predicted molar refractivity (Wildman–Crippen MR) is 80.5 cm³/mol. The lowest BCUT2D eigenvalue weighted by molar-refractivity contribution is -0.135. The molecule has 3 heteroatoms. The van der Waals surface area contributed by atoms with Crippen molar-refractivity contribution >= 4 is 5.91 Å². The van der Waals surface area contributed by atoms with Gasteiger partial charge in [-0.3, -0.25) is 4.79 Å². The van der Waals surface area contributed by atoms with Gasteiger partial charge in [0.1, 0.15) is 0 Å². The van der Waals surface area contributed by atoms with Gasteiger partial charge in [0.05, 0.1) is 5.92 Å². The van der Waals surface area contributed by atoms with Crippen LogP contribution in [0.15, 0.2) is 30.3 Å². The highest BCUT2D eigenvalue weighted by Crippen LogP contribution is 2.35. The third-order valence-corrected chi connectivity index (χ3v) is 4.94. The Morgan fingerprint density at radius 1 is 1.35 bits per heavy atom. The zero-order chi connectivity index (χ0) is 14.1. The summed E-state index contributed by atoms with van der Waals surface area (Å²) >= 11 is 0. The summed E-state index contributed by atoms with van der Waals surface area (Å²) in [6.07, 6.45) is 2.02. The number of nitrogens with zero attached hydrogens (tertiary/aromatic N) is 1. The minimum atomic E-state index is 0.0120. The molecule has 0 saturated carbocycles. The Morgan fingerprint density at radius 3 is 2.80 bits per heavy atom. The van der Waals surface area contributed by atoms with E-state index in [1.165, 1.54) is 0 Å². The zero-order valence-corrected chi connectivity index (χ0v) is 12.4. The lowest BCUT2D eigenvalue weighted by atomic mass is 9.94. The number of carbonyl (C=O) groups is 1. The van der Waals surface area contributed by atoms with Crippen LogP contribution in [0, 0.1) is 5.92 Å². The Hall–Kier alpha value is -1.35. The minimum absolute atomic E-state index is 0.0120. The van der Waals surface area contributed by atoms with E-state index >= 15 is 0 Å². The van der Waals surface area contributed by atoms with Crippen LogP contribution in [0.5, 0.6) is 0 Å². The monoisotopic (exact) mass is 272 g/mol. The lowest BCUT2D eigenvalue weighted by Crippen LogP contribution is -2.45. The molecule has 1 N–H and O–H groups in total. The number of hydrogen-bond acceptors (Lipinski definition) is 2. The maximum atomic E-state index is 13.0. The highest BCUT2D eigenvalue weighted by Gasteiger charge is 2.45. The molecule has 0 spiro atoms. The van der Waals surface area contributed by atoms with Gasteiger partial charge < -0.3 is 10.2 Å². The van der Waals surface area contributed by atoms with Gasteiger partial charge in [-0.1, -0.05) is 37.3 Å². The van der Waals surface area contributed by atoms with Gasteiger partial charge in [0.2, 0.25) is 5.91 Å². The van der Waals surface area contributed by atoms with Gasteiger partial charge in [-0.25, -0.2) is 0 Å². The topological polar surface area (TPSA) is 32.3 Å². The van der Waals surface area contributed by atoms with Crippen molar-refractivity contribution in [2.75, 3.05) is 13.1 Å². The first-order chi connectivity index (χ1) is 9.72. The Labute approximate surface area is 121 Å². The van der Waals surface area contributed by atoms with Crippen molar-refractivity contribution < 1.29 is 4.79 Å². The lowest BCUT2D eigenvalue weighted by Gasteiger charge is -2.31. The summed E-state index contributed by atoms with van der Waals surface area (Å²) in [7, 11) is 0. The second-order valence-corrected chi connectivity index (χ2v) is 6.19. The molecule has 0 aliphatic carbocycles. The fourth-order valence-electron chi connectivity index (χ4n) is 3.96. The Morgan fingerprint density at radius 2 is 2.10 bits per heavy atom. The summed E-state index contributed by atoms with van der Waals surface area (Å²) < 4.78 is 0. The van der Waals surface area contributed by atoms with Crippen LogP contribution in [0.4, 0.5) is 0 Å². The molecule has 0 bridgehead atoms. The molecule has 4 atom stereocenters. The number of nitrogens with one attached hydrogen (secondary N) is 1. The van der Waals surface area contributed by atoms with Gasteiger partial charge in [0, 0.05) is 25.2 Å². The summed E-state index contributed by atoms with van der Waals surface area (Å²) in [5.41, 5.74) is 1.15. The molecule has 3 nitrogen and oxygen atoms in total. The number of benzene rings is 1. The third-order valence-electron chi connectivity index (χ3n) is 4.94. The van der Waals surface area contributed by atoms with Crippen LogP contribution in [-0.4, -0.2) is 36.0 Å². The minimum Gasteiger partial charge on any atom is -0.335 e. The van der Waals surface area contributed by atoms with Crippen molar-refractivity contribution in [1.82, 2.24) is 10.2 Å². The van der Waals surface area contributed by atoms with Gasteiger partial charge in [0.25, 0.3) is 0 Å². The number of hydrogen-bond donors (Lipinski definition) is 1. The van der Waals surface area contributed by atoms with Gasteiger partial charge >= 0.3 is 0 Å². The molecule has 20 heavy (non-hydrogen) atoms. The zero-order valence-electron chi connectivity index (χ0n) is 12.4. The van der Waals surface area contributed by atoms with E-state index in [1.54, 1.807) is 0 Å². The van der Waals surface area contributed by atoms with Gasteiger partial charge in [-0.15, -0.1) is 0 Å². The number of amides is 1. The second-order valence-electron chi connectivity index (χ2n) is 6.19. The van der Waals surface area contributed by atoms with Crippen LogP contribution in [0.25, 0.3) is 0 Å². The van der Waals surface area contributed by atoms with Crippen molar-refractivity contribution in [3.8, 4) is 0 Å². The summed E-state index contributed by atoms with van der Waals surface area (Å²) in [5.74, 6) is 0.989. The molecule has 108 valence electrons. The van der Waals surface area contributed by atoms with E-state index in [0.717, 1.165) is 31.5 Å². The average molecular weight is 272 g/mol. The third kappa shape index (κ3) is 2.24. The molecule has 0 aromatic heterocycles. The van der Waals surface area contributed by atoms with Crippen molar-refractivity contribution in [3.05, 3.63) is 35.9 Å². The summed E-state index contributed by atoms with van der Waals surface area (Å²) in [6, 6.07) is 11.0. The SMILES string of the molecule is CCC(C(=O)N1C(C)CC2CNCC21)c1ccccc1. The summed E-state index contributed by atoms with van der Waals surface area (Å²) in [6.45, 7) is 6.35. The van der Waals surface area contributed by atoms with Crippen LogP contribution in [0.2, 0.25) is 0 Å². The number of fused-ring (bicyclic) bond motifs is 1. The molecule has 2 aliphatic heterocycles. The maximum Gasteiger partial charge on any atom is 0.230 e. The van der Waals surface area contributed by atoms with Crippen molar-refractivity contribution in [2.45, 2.75) is 44.7 Å². The molecular formula is C17H24N2O. The highest BCUT2D eigenvalue weighted by molar-refractivity contribution is 5.84. The number of rotatable bonds is 3. The van der Waals surface area contributed by atoms with E-state index in [2.05, 4.69) is 36.2 Å². The van der Waals surface area contributed by atoms with Crippen molar-refractivity contribution in [2.24, 2.45) is 5.92 Å². The molecule has 0 radical (unpaired) electrons. The van der Waals surface area contributed by atoms with E-state index in [-0.39, 0.29) is 5.92 Å². The number of likely N-dealkylation sites (tertiary alicyclic amines) is 1. The Bertz CT molecular complexity index is 473. The molecule has 2 saturated heterocycles. The van der Waals surface area contributed by atoms with Crippen LogP contribution in [-0.2, 0) is 4.79 Å². The highest BCUT2D eigenvalue weighted by atomic mass is 16.2. The van der Waals surface area contributed by atoms with Gasteiger partial charge in [-0.05, 0) is 31.2 Å². The van der Waals surface area contributed by atoms with Crippen LogP contribution < -0.4 is 5.32 Å². The van der Waals surface area contributed by atoms with E-state index < -0.39 is 0 Å². The molecule has 2 heterocycles. The molecule has 1 aromatic rings. The van der Waals surface area contributed by atoms with Crippen LogP contribution in [0.1, 0.15) is 38.2 Å². The van der Waals surface area contributed by atoms with E-state index in [9.17, 15) is 4.79 Å². The van der Waals surface area contributed by atoms with E-state index in [1.807, 2.05) is 18.2 Å².